The van der Waals surface area contributed by atoms with Crippen LogP contribution in [0, 0.1) is 6.92 Å². The lowest BCUT2D eigenvalue weighted by atomic mass is 9.98. The molecule has 1 aromatic carbocycles. The highest BCUT2D eigenvalue weighted by Gasteiger charge is 2.52. The van der Waals surface area contributed by atoms with Crippen LogP contribution in [-0.4, -0.2) is 47.9 Å². The first-order chi connectivity index (χ1) is 13.0. The smallest absolute Gasteiger partial charge is 0.325 e. The maximum atomic E-state index is 12.6. The Morgan fingerprint density at radius 1 is 1.15 bits per heavy atom. The number of nitrogens with one attached hydrogen (secondary N) is 2. The van der Waals surface area contributed by atoms with Crippen LogP contribution in [0.5, 0.6) is 0 Å². The van der Waals surface area contributed by atoms with Crippen LogP contribution in [0.2, 0.25) is 0 Å². The van der Waals surface area contributed by atoms with E-state index in [4.69, 9.17) is 0 Å². The van der Waals surface area contributed by atoms with E-state index in [1.165, 1.54) is 18.5 Å². The molecule has 0 radical (unpaired) electrons. The summed E-state index contributed by atoms with van der Waals surface area (Å²) in [7, 11) is 0. The Morgan fingerprint density at radius 3 is 2.52 bits per heavy atom. The molecule has 1 aliphatic carbocycles. The molecule has 1 aromatic rings. The summed E-state index contributed by atoms with van der Waals surface area (Å²) in [5.41, 5.74) is 2.08. The number of urea groups is 1. The van der Waals surface area contributed by atoms with Gasteiger partial charge in [0.05, 0.1) is 0 Å². The van der Waals surface area contributed by atoms with Crippen molar-refractivity contribution in [1.82, 2.24) is 10.2 Å². The van der Waals surface area contributed by atoms with Crippen LogP contribution in [0.4, 0.5) is 16.2 Å². The number of nitrogens with zero attached hydrogens (tertiary/aromatic N) is 2. The summed E-state index contributed by atoms with van der Waals surface area (Å²) in [6.07, 6.45) is 5.60. The number of aryl methyl sites for hydroxylation is 1. The van der Waals surface area contributed by atoms with Crippen LogP contribution >= 0.6 is 0 Å². The molecular formula is C20H26N4O3. The van der Waals surface area contributed by atoms with Gasteiger partial charge in [-0.15, -0.1) is 0 Å². The number of hydrogen-bond donors (Lipinski definition) is 2. The van der Waals surface area contributed by atoms with Crippen LogP contribution in [-0.2, 0) is 9.59 Å². The molecule has 1 spiro atoms. The summed E-state index contributed by atoms with van der Waals surface area (Å²) in [6, 6.07) is 5.51. The number of imide groups is 1. The minimum absolute atomic E-state index is 0.250. The van der Waals surface area contributed by atoms with E-state index in [9.17, 15) is 14.4 Å². The Labute approximate surface area is 159 Å². The van der Waals surface area contributed by atoms with E-state index in [1.54, 1.807) is 0 Å². The van der Waals surface area contributed by atoms with Crippen molar-refractivity contribution in [3.8, 4) is 0 Å². The third-order valence-electron chi connectivity index (χ3n) is 5.96. The fraction of sp³-hybridized carbons (Fsp3) is 0.550. The first kappa shape index (κ1) is 17.8. The normalized spacial score (nSPS) is 21.2. The van der Waals surface area contributed by atoms with Crippen LogP contribution in [0.3, 0.4) is 0 Å². The molecule has 0 unspecified atom stereocenters. The lowest BCUT2D eigenvalue weighted by Gasteiger charge is -2.20. The maximum absolute atomic E-state index is 12.6. The number of carbonyl (C=O) groups excluding carboxylic acids is 3. The Bertz CT molecular complexity index is 779. The molecule has 4 rings (SSSR count). The monoisotopic (exact) mass is 370 g/mol. The second kappa shape index (κ2) is 6.87. The van der Waals surface area contributed by atoms with Crippen molar-refractivity contribution in [2.75, 3.05) is 29.9 Å². The quantitative estimate of drug-likeness (QED) is 0.798. The molecule has 0 aromatic heterocycles. The van der Waals surface area contributed by atoms with E-state index in [-0.39, 0.29) is 18.4 Å². The molecule has 2 heterocycles. The molecule has 3 fully saturated rings. The average Bonchev–Trinajstić information content (AvgIpc) is 3.36. The topological polar surface area (TPSA) is 81.8 Å². The van der Waals surface area contributed by atoms with Crippen molar-refractivity contribution in [2.24, 2.45) is 0 Å². The van der Waals surface area contributed by atoms with E-state index < -0.39 is 11.6 Å². The van der Waals surface area contributed by atoms with Crippen molar-refractivity contribution in [3.05, 3.63) is 23.8 Å². The number of benzene rings is 1. The predicted molar refractivity (Wildman–Crippen MR) is 103 cm³/mol. The number of amides is 4. The van der Waals surface area contributed by atoms with Gasteiger partial charge in [-0.1, -0.05) is 12.8 Å². The third-order valence-corrected chi connectivity index (χ3v) is 5.96. The van der Waals surface area contributed by atoms with Crippen molar-refractivity contribution < 1.29 is 14.4 Å². The predicted octanol–water partition coefficient (Wildman–Crippen LogP) is 2.40. The minimum Gasteiger partial charge on any atom is -0.372 e. The maximum Gasteiger partial charge on any atom is 0.325 e. The molecule has 3 aliphatic rings. The highest BCUT2D eigenvalue weighted by molar-refractivity contribution is 6.10. The average molecular weight is 370 g/mol. The SMILES string of the molecule is Cc1cc(N2CCCC2)ccc1NC(=O)CN1C(=O)NC2(CCCC2)C1=O. The lowest BCUT2D eigenvalue weighted by Crippen LogP contribution is -2.44. The number of hydrogen-bond acceptors (Lipinski definition) is 4. The zero-order chi connectivity index (χ0) is 19.0. The zero-order valence-corrected chi connectivity index (χ0v) is 15.7. The first-order valence-corrected chi connectivity index (χ1v) is 9.78. The zero-order valence-electron chi connectivity index (χ0n) is 15.7. The van der Waals surface area contributed by atoms with Crippen molar-refractivity contribution >= 4 is 29.2 Å². The molecule has 7 nitrogen and oxygen atoms in total. The molecule has 0 bridgehead atoms. The van der Waals surface area contributed by atoms with E-state index in [0.29, 0.717) is 18.5 Å². The molecule has 144 valence electrons. The molecule has 0 atom stereocenters. The lowest BCUT2D eigenvalue weighted by molar-refractivity contribution is -0.133. The second-order valence-electron chi connectivity index (χ2n) is 7.85. The summed E-state index contributed by atoms with van der Waals surface area (Å²) in [4.78, 5) is 40.7. The molecule has 4 amide bonds. The van der Waals surface area contributed by atoms with Gasteiger partial charge in [-0.3, -0.25) is 14.5 Å². The summed E-state index contributed by atoms with van der Waals surface area (Å²) < 4.78 is 0. The van der Waals surface area contributed by atoms with Gasteiger partial charge in [-0.25, -0.2) is 4.79 Å². The van der Waals surface area contributed by atoms with Crippen LogP contribution in [0.1, 0.15) is 44.1 Å². The Hall–Kier alpha value is -2.57. The van der Waals surface area contributed by atoms with Crippen LogP contribution in [0.25, 0.3) is 0 Å². The Balaban J connectivity index is 1.41. The summed E-state index contributed by atoms with van der Waals surface area (Å²) in [5, 5.41) is 5.64. The molecule has 7 heteroatoms. The molecule has 2 N–H and O–H groups in total. The standard InChI is InChI=1S/C20H26N4O3/c1-14-12-15(23-10-4-5-11-23)6-7-16(14)21-17(25)13-24-18(26)20(22-19(24)27)8-2-3-9-20/h6-7,12H,2-5,8-11,13H2,1H3,(H,21,25)(H,22,27). The van der Waals surface area contributed by atoms with Gasteiger partial charge in [0, 0.05) is 24.5 Å². The van der Waals surface area contributed by atoms with Gasteiger partial charge in [0.2, 0.25) is 5.91 Å². The van der Waals surface area contributed by atoms with Gasteiger partial charge in [0.25, 0.3) is 5.91 Å². The Kier molecular flexibility index (Phi) is 4.53. The fourth-order valence-electron chi connectivity index (χ4n) is 4.43. The van der Waals surface area contributed by atoms with Crippen LogP contribution < -0.4 is 15.5 Å². The van der Waals surface area contributed by atoms with E-state index in [1.807, 2.05) is 19.1 Å². The number of rotatable bonds is 4. The Morgan fingerprint density at radius 2 is 1.85 bits per heavy atom. The van der Waals surface area contributed by atoms with Crippen LogP contribution in [0.15, 0.2) is 18.2 Å². The minimum atomic E-state index is -0.773. The number of anilines is 2. The van der Waals surface area contributed by atoms with E-state index in [2.05, 4.69) is 21.6 Å². The molecule has 2 saturated heterocycles. The van der Waals surface area contributed by atoms with Gasteiger partial charge in [0.1, 0.15) is 12.1 Å². The summed E-state index contributed by atoms with van der Waals surface area (Å²) >= 11 is 0. The molecular weight excluding hydrogens is 344 g/mol. The van der Waals surface area contributed by atoms with Gasteiger partial charge >= 0.3 is 6.03 Å². The molecule has 2 aliphatic heterocycles. The van der Waals surface area contributed by atoms with E-state index in [0.717, 1.165) is 36.4 Å². The van der Waals surface area contributed by atoms with Crippen molar-refractivity contribution in [3.63, 3.8) is 0 Å². The highest BCUT2D eigenvalue weighted by Crippen LogP contribution is 2.35. The third kappa shape index (κ3) is 3.26. The van der Waals surface area contributed by atoms with Crippen molar-refractivity contribution in [2.45, 2.75) is 51.0 Å². The van der Waals surface area contributed by atoms with Crippen molar-refractivity contribution in [1.29, 1.82) is 0 Å². The first-order valence-electron chi connectivity index (χ1n) is 9.78. The largest absolute Gasteiger partial charge is 0.372 e. The van der Waals surface area contributed by atoms with Gasteiger partial charge in [-0.05, 0) is 56.4 Å². The summed E-state index contributed by atoms with van der Waals surface area (Å²) in [6.45, 7) is 3.84. The number of carbonyl (C=O) groups is 3. The van der Waals surface area contributed by atoms with Gasteiger partial charge in [-0.2, -0.15) is 0 Å². The molecule has 1 saturated carbocycles. The highest BCUT2D eigenvalue weighted by atomic mass is 16.2. The fourth-order valence-corrected chi connectivity index (χ4v) is 4.43. The van der Waals surface area contributed by atoms with E-state index >= 15 is 0 Å². The van der Waals surface area contributed by atoms with Gasteiger partial charge < -0.3 is 15.5 Å². The van der Waals surface area contributed by atoms with Gasteiger partial charge in [0.15, 0.2) is 0 Å². The second-order valence-corrected chi connectivity index (χ2v) is 7.85. The summed E-state index contributed by atoms with van der Waals surface area (Å²) in [5.74, 6) is -0.619. The molecule has 27 heavy (non-hydrogen) atoms.